The molecule has 1 radical (unpaired) electrons. The van der Waals surface area contributed by atoms with Gasteiger partial charge in [0.2, 0.25) is 0 Å². The van der Waals surface area contributed by atoms with Crippen LogP contribution in [0.15, 0.2) is 0 Å². The zero-order valence-corrected chi connectivity index (χ0v) is 13.3. The van der Waals surface area contributed by atoms with Crippen LogP contribution in [0.1, 0.15) is 77.6 Å². The second-order valence-electron chi connectivity index (χ2n) is 4.82. The van der Waals surface area contributed by atoms with Gasteiger partial charge < -0.3 is 5.11 Å². The minimum atomic E-state index is -0.788. The zero-order valence-electron chi connectivity index (χ0n) is 11.5. The third-order valence-corrected chi connectivity index (χ3v) is 3.60. The van der Waals surface area contributed by atoms with Gasteiger partial charge in [-0.2, -0.15) is 12.6 Å². The molecule has 0 aromatic rings. The number of thiol groups is 1. The Labute approximate surface area is 128 Å². The van der Waals surface area contributed by atoms with Crippen LogP contribution in [0.5, 0.6) is 0 Å². The van der Waals surface area contributed by atoms with Crippen LogP contribution >= 0.6 is 12.6 Å². The summed E-state index contributed by atoms with van der Waals surface area (Å²) in [4.78, 5) is 10.5. The van der Waals surface area contributed by atoms with E-state index in [2.05, 4.69) is 19.6 Å². The van der Waals surface area contributed by atoms with Crippen molar-refractivity contribution in [3.63, 3.8) is 0 Å². The fourth-order valence-electron chi connectivity index (χ4n) is 1.95. The standard InChI is InChI=1S/C14H28O2S.Cu/c1-2-3-4-5-6-7-8-9-10-11-12-13(17)14(15)16;/h13,17H,2-12H2,1H3,(H,15,16);. The Morgan fingerprint density at radius 3 is 1.72 bits per heavy atom. The van der Waals surface area contributed by atoms with Crippen LogP contribution in [0, 0.1) is 0 Å². The molecule has 1 atom stereocenters. The van der Waals surface area contributed by atoms with Gasteiger partial charge in [0, 0.05) is 17.1 Å². The first-order chi connectivity index (χ1) is 8.18. The molecule has 0 aliphatic rings. The molecule has 113 valence electrons. The quantitative estimate of drug-likeness (QED) is 0.311. The summed E-state index contributed by atoms with van der Waals surface area (Å²) in [6.07, 6.45) is 13.6. The Morgan fingerprint density at radius 1 is 0.944 bits per heavy atom. The maximum atomic E-state index is 10.5. The molecule has 4 heteroatoms. The Morgan fingerprint density at radius 2 is 1.33 bits per heavy atom. The molecule has 18 heavy (non-hydrogen) atoms. The van der Waals surface area contributed by atoms with Crippen molar-refractivity contribution in [2.75, 3.05) is 0 Å². The topological polar surface area (TPSA) is 37.3 Å². The molecule has 1 N–H and O–H groups in total. The number of carbonyl (C=O) groups is 1. The summed E-state index contributed by atoms with van der Waals surface area (Å²) in [5.41, 5.74) is 0. The molecule has 2 nitrogen and oxygen atoms in total. The molecule has 0 aromatic heterocycles. The van der Waals surface area contributed by atoms with Crippen LogP contribution in [-0.2, 0) is 21.9 Å². The molecular formula is C14H28CuO2S. The normalized spacial score (nSPS) is 11.9. The second kappa shape index (κ2) is 15.4. The molecule has 0 rings (SSSR count). The number of hydrogen-bond donors (Lipinski definition) is 2. The van der Waals surface area contributed by atoms with Crippen LogP contribution in [0.4, 0.5) is 0 Å². The number of aliphatic carboxylic acids is 1. The van der Waals surface area contributed by atoms with Crippen molar-refractivity contribution in [2.45, 2.75) is 82.8 Å². The SMILES string of the molecule is CCCCCCCCCCCCC(S)C(=O)O.[Cu]. The van der Waals surface area contributed by atoms with Crippen molar-refractivity contribution in [2.24, 2.45) is 0 Å². The first-order valence-electron chi connectivity index (χ1n) is 7.09. The molecule has 0 heterocycles. The number of carboxylic acid groups (broad SMARTS) is 1. The number of unbranched alkanes of at least 4 members (excludes halogenated alkanes) is 9. The molecule has 0 saturated carbocycles. The average Bonchev–Trinajstić information content (AvgIpc) is 2.31. The molecule has 0 saturated heterocycles. The predicted molar refractivity (Wildman–Crippen MR) is 76.9 cm³/mol. The average molecular weight is 324 g/mol. The van der Waals surface area contributed by atoms with Gasteiger partial charge in [0.25, 0.3) is 0 Å². The second-order valence-corrected chi connectivity index (χ2v) is 5.45. The molecule has 0 amide bonds. The predicted octanol–water partition coefficient (Wildman–Crippen LogP) is 4.68. The van der Waals surface area contributed by atoms with Gasteiger partial charge >= 0.3 is 5.97 Å². The maximum absolute atomic E-state index is 10.5. The monoisotopic (exact) mass is 323 g/mol. The largest absolute Gasteiger partial charge is 0.480 e. The van der Waals surface area contributed by atoms with E-state index in [1.807, 2.05) is 0 Å². The summed E-state index contributed by atoms with van der Waals surface area (Å²) >= 11 is 4.02. The Hall–Kier alpha value is 0.339. The first-order valence-corrected chi connectivity index (χ1v) is 7.61. The van der Waals surface area contributed by atoms with Crippen molar-refractivity contribution in [3.8, 4) is 0 Å². The van der Waals surface area contributed by atoms with Crippen molar-refractivity contribution < 1.29 is 27.0 Å². The Kier molecular flexibility index (Phi) is 17.7. The summed E-state index contributed by atoms with van der Waals surface area (Å²) in [5, 5.41) is 8.18. The van der Waals surface area contributed by atoms with Gasteiger partial charge in [-0.1, -0.05) is 71.1 Å². The summed E-state index contributed by atoms with van der Waals surface area (Å²) in [5.74, 6) is -0.788. The van der Waals surface area contributed by atoms with Crippen molar-refractivity contribution in [3.05, 3.63) is 0 Å². The summed E-state index contributed by atoms with van der Waals surface area (Å²) in [7, 11) is 0. The maximum Gasteiger partial charge on any atom is 0.316 e. The van der Waals surface area contributed by atoms with Gasteiger partial charge in [0.05, 0.1) is 5.25 Å². The summed E-state index contributed by atoms with van der Waals surface area (Å²) in [6.45, 7) is 2.24. The molecule has 1 unspecified atom stereocenters. The minimum absolute atomic E-state index is 0. The zero-order chi connectivity index (χ0) is 12.9. The molecule has 0 spiro atoms. The van der Waals surface area contributed by atoms with E-state index in [0.29, 0.717) is 6.42 Å². The molecule has 0 aliphatic carbocycles. The van der Waals surface area contributed by atoms with Gasteiger partial charge in [-0.15, -0.1) is 0 Å². The van der Waals surface area contributed by atoms with E-state index in [9.17, 15) is 4.79 Å². The number of hydrogen-bond acceptors (Lipinski definition) is 2. The van der Waals surface area contributed by atoms with Crippen molar-refractivity contribution in [1.82, 2.24) is 0 Å². The third-order valence-electron chi connectivity index (χ3n) is 3.12. The van der Waals surface area contributed by atoms with Gasteiger partial charge in [0.1, 0.15) is 0 Å². The van der Waals surface area contributed by atoms with E-state index in [-0.39, 0.29) is 17.1 Å². The van der Waals surface area contributed by atoms with Crippen LogP contribution in [-0.4, -0.2) is 16.3 Å². The van der Waals surface area contributed by atoms with Crippen LogP contribution < -0.4 is 0 Å². The smallest absolute Gasteiger partial charge is 0.316 e. The van der Waals surface area contributed by atoms with E-state index < -0.39 is 11.2 Å². The molecule has 0 aliphatic heterocycles. The summed E-state index contributed by atoms with van der Waals surface area (Å²) in [6, 6.07) is 0. The molecular weight excluding hydrogens is 296 g/mol. The fourth-order valence-corrected chi connectivity index (χ4v) is 2.13. The number of carboxylic acids is 1. The third kappa shape index (κ3) is 14.4. The van der Waals surface area contributed by atoms with Crippen molar-refractivity contribution in [1.29, 1.82) is 0 Å². The van der Waals surface area contributed by atoms with Crippen LogP contribution in [0.25, 0.3) is 0 Å². The van der Waals surface area contributed by atoms with E-state index in [1.54, 1.807) is 0 Å². The van der Waals surface area contributed by atoms with E-state index in [0.717, 1.165) is 12.8 Å². The van der Waals surface area contributed by atoms with Crippen LogP contribution in [0.3, 0.4) is 0 Å². The van der Waals surface area contributed by atoms with Gasteiger partial charge in [-0.25, -0.2) is 0 Å². The van der Waals surface area contributed by atoms with Gasteiger partial charge in [-0.05, 0) is 6.42 Å². The van der Waals surface area contributed by atoms with Crippen molar-refractivity contribution >= 4 is 18.6 Å². The minimum Gasteiger partial charge on any atom is -0.480 e. The Balaban J connectivity index is 0. The van der Waals surface area contributed by atoms with Gasteiger partial charge in [0.15, 0.2) is 0 Å². The molecule has 0 bridgehead atoms. The van der Waals surface area contributed by atoms with E-state index in [1.165, 1.54) is 51.4 Å². The molecule has 0 aromatic carbocycles. The van der Waals surface area contributed by atoms with E-state index >= 15 is 0 Å². The fraction of sp³-hybridized carbons (Fsp3) is 0.929. The number of rotatable bonds is 12. The summed E-state index contributed by atoms with van der Waals surface area (Å²) < 4.78 is 0. The van der Waals surface area contributed by atoms with Crippen LogP contribution in [0.2, 0.25) is 0 Å². The van der Waals surface area contributed by atoms with Gasteiger partial charge in [-0.3, -0.25) is 4.79 Å². The Bertz CT molecular complexity index is 189. The molecule has 0 fully saturated rings. The first kappa shape index (κ1) is 20.7. The van der Waals surface area contributed by atoms with E-state index in [4.69, 9.17) is 5.11 Å².